The maximum atomic E-state index is 12.8. The van der Waals surface area contributed by atoms with Gasteiger partial charge in [0.05, 0.1) is 17.7 Å². The molecule has 7 heteroatoms. The van der Waals surface area contributed by atoms with E-state index in [9.17, 15) is 9.59 Å². The van der Waals surface area contributed by atoms with Gasteiger partial charge in [0.15, 0.2) is 0 Å². The summed E-state index contributed by atoms with van der Waals surface area (Å²) in [7, 11) is 0. The number of H-pyrrole nitrogens is 1. The topological polar surface area (TPSA) is 106 Å². The summed E-state index contributed by atoms with van der Waals surface area (Å²) in [5.74, 6) is -0.540. The molecule has 0 fully saturated rings. The normalized spacial score (nSPS) is 10.7. The van der Waals surface area contributed by atoms with Gasteiger partial charge in [0.1, 0.15) is 5.75 Å². The third-order valence-corrected chi connectivity index (χ3v) is 5.40. The van der Waals surface area contributed by atoms with Crippen LogP contribution in [0, 0.1) is 0 Å². The molecular weight excluding hydrogens is 430 g/mol. The van der Waals surface area contributed by atoms with Crippen molar-refractivity contribution in [1.29, 1.82) is 0 Å². The Morgan fingerprint density at radius 2 is 1.82 bits per heavy atom. The Morgan fingerprint density at radius 3 is 2.59 bits per heavy atom. The molecule has 0 unspecified atom stereocenters. The van der Waals surface area contributed by atoms with E-state index in [4.69, 9.17) is 15.2 Å². The first-order valence-corrected chi connectivity index (χ1v) is 11.2. The minimum Gasteiger partial charge on any atom is -0.462 e. The number of fused-ring (bicyclic) bond motifs is 1. The number of hydrogen-bond donors (Lipinski definition) is 3. The number of aromatic nitrogens is 1. The lowest BCUT2D eigenvalue weighted by Gasteiger charge is -2.08. The van der Waals surface area contributed by atoms with Gasteiger partial charge >= 0.3 is 11.9 Å². The lowest BCUT2D eigenvalue weighted by atomic mass is 10.1. The number of aromatic amines is 1. The van der Waals surface area contributed by atoms with Gasteiger partial charge in [0, 0.05) is 35.0 Å². The first kappa shape index (κ1) is 22.9. The van der Waals surface area contributed by atoms with E-state index in [1.54, 1.807) is 37.4 Å². The number of hydrogen-bond acceptors (Lipinski definition) is 6. The number of nitrogens with one attached hydrogen (secondary N) is 2. The van der Waals surface area contributed by atoms with Crippen molar-refractivity contribution in [2.75, 3.05) is 24.2 Å². The Morgan fingerprint density at radius 1 is 1.00 bits per heavy atom. The van der Waals surface area contributed by atoms with E-state index in [2.05, 4.69) is 16.4 Å². The SMILES string of the molecule is CCOC(=O)c1ccc(OC(=O)c2c[nH]c3ccc(NCCCc4cccc(N)c4)cc23)cc1. The van der Waals surface area contributed by atoms with Gasteiger partial charge in [-0.1, -0.05) is 12.1 Å². The molecule has 0 saturated carbocycles. The molecule has 0 aliphatic heterocycles. The van der Waals surface area contributed by atoms with Crippen molar-refractivity contribution in [3.63, 3.8) is 0 Å². The van der Waals surface area contributed by atoms with Crippen LogP contribution in [0.4, 0.5) is 11.4 Å². The van der Waals surface area contributed by atoms with Crippen molar-refractivity contribution in [3.05, 3.63) is 89.6 Å². The van der Waals surface area contributed by atoms with Crippen LogP contribution in [0.3, 0.4) is 0 Å². The lowest BCUT2D eigenvalue weighted by molar-refractivity contribution is 0.0526. The molecule has 7 nitrogen and oxygen atoms in total. The van der Waals surface area contributed by atoms with Crippen LogP contribution in [-0.4, -0.2) is 30.1 Å². The Balaban J connectivity index is 1.38. The van der Waals surface area contributed by atoms with Crippen LogP contribution in [-0.2, 0) is 11.2 Å². The predicted molar refractivity (Wildman–Crippen MR) is 133 cm³/mol. The van der Waals surface area contributed by atoms with Crippen LogP contribution >= 0.6 is 0 Å². The van der Waals surface area contributed by atoms with Gasteiger partial charge in [-0.2, -0.15) is 0 Å². The molecule has 0 aliphatic rings. The third-order valence-electron chi connectivity index (χ3n) is 5.40. The lowest BCUT2D eigenvalue weighted by Crippen LogP contribution is -2.09. The molecule has 0 atom stereocenters. The summed E-state index contributed by atoms with van der Waals surface area (Å²) in [4.78, 5) is 27.7. The molecule has 1 aromatic heterocycles. The summed E-state index contributed by atoms with van der Waals surface area (Å²) in [6.07, 6.45) is 3.52. The highest BCUT2D eigenvalue weighted by Crippen LogP contribution is 2.24. The monoisotopic (exact) mass is 457 g/mol. The number of ether oxygens (including phenoxy) is 2. The molecule has 4 rings (SSSR count). The van der Waals surface area contributed by atoms with Crippen molar-refractivity contribution in [2.24, 2.45) is 0 Å². The number of nitrogens with two attached hydrogens (primary N) is 1. The second-order valence-corrected chi connectivity index (χ2v) is 7.87. The highest BCUT2D eigenvalue weighted by atomic mass is 16.5. The number of carbonyl (C=O) groups is 2. The molecule has 0 bridgehead atoms. The molecule has 1 heterocycles. The number of rotatable bonds is 9. The van der Waals surface area contributed by atoms with E-state index in [-0.39, 0.29) is 0 Å². The van der Waals surface area contributed by atoms with E-state index < -0.39 is 11.9 Å². The summed E-state index contributed by atoms with van der Waals surface area (Å²) < 4.78 is 10.5. The highest BCUT2D eigenvalue weighted by Gasteiger charge is 2.15. The van der Waals surface area contributed by atoms with E-state index >= 15 is 0 Å². The average molecular weight is 458 g/mol. The Bertz CT molecular complexity index is 1290. The molecule has 0 radical (unpaired) electrons. The highest BCUT2D eigenvalue weighted by molar-refractivity contribution is 6.05. The Hall–Kier alpha value is -4.26. The van der Waals surface area contributed by atoms with Crippen LogP contribution in [0.25, 0.3) is 10.9 Å². The molecule has 4 N–H and O–H groups in total. The van der Waals surface area contributed by atoms with Crippen LogP contribution in [0.1, 0.15) is 39.6 Å². The summed E-state index contributed by atoms with van der Waals surface area (Å²) in [6, 6.07) is 20.1. The van der Waals surface area contributed by atoms with Gasteiger partial charge in [0.25, 0.3) is 0 Å². The first-order valence-electron chi connectivity index (χ1n) is 11.2. The van der Waals surface area contributed by atoms with Gasteiger partial charge in [-0.3, -0.25) is 0 Å². The average Bonchev–Trinajstić information content (AvgIpc) is 3.26. The van der Waals surface area contributed by atoms with Crippen molar-refractivity contribution < 1.29 is 19.1 Å². The van der Waals surface area contributed by atoms with Crippen LogP contribution in [0.15, 0.2) is 72.9 Å². The maximum absolute atomic E-state index is 12.8. The zero-order valence-corrected chi connectivity index (χ0v) is 19.0. The zero-order chi connectivity index (χ0) is 23.9. The Kier molecular flexibility index (Phi) is 7.13. The van der Waals surface area contributed by atoms with Crippen LogP contribution in [0.2, 0.25) is 0 Å². The summed E-state index contributed by atoms with van der Waals surface area (Å²) >= 11 is 0. The van der Waals surface area contributed by atoms with E-state index in [1.165, 1.54) is 5.56 Å². The second-order valence-electron chi connectivity index (χ2n) is 7.87. The number of benzene rings is 3. The largest absolute Gasteiger partial charge is 0.462 e. The first-order chi connectivity index (χ1) is 16.5. The van der Waals surface area contributed by atoms with Gasteiger partial charge in [-0.25, -0.2) is 9.59 Å². The molecule has 174 valence electrons. The van der Waals surface area contributed by atoms with Crippen molar-refractivity contribution in [3.8, 4) is 5.75 Å². The smallest absolute Gasteiger partial charge is 0.345 e. The Labute approximate surface area is 197 Å². The predicted octanol–water partition coefficient (Wildman–Crippen LogP) is 5.19. The van der Waals surface area contributed by atoms with Crippen molar-refractivity contribution in [2.45, 2.75) is 19.8 Å². The number of anilines is 2. The molecule has 34 heavy (non-hydrogen) atoms. The molecule has 0 amide bonds. The molecule has 4 aromatic rings. The number of nitrogen functional groups attached to an aromatic ring is 1. The number of esters is 2. The second kappa shape index (κ2) is 10.6. The van der Waals surface area contributed by atoms with E-state index in [1.807, 2.05) is 36.4 Å². The maximum Gasteiger partial charge on any atom is 0.345 e. The summed E-state index contributed by atoms with van der Waals surface area (Å²) in [5.41, 5.74) is 10.4. The fourth-order valence-corrected chi connectivity index (χ4v) is 3.71. The molecule has 0 aliphatic carbocycles. The van der Waals surface area contributed by atoms with Gasteiger partial charge in [-0.05, 0) is 79.9 Å². The summed E-state index contributed by atoms with van der Waals surface area (Å²) in [6.45, 7) is 2.84. The van der Waals surface area contributed by atoms with E-state index in [0.717, 1.165) is 41.7 Å². The molecular formula is C27H27N3O4. The fourth-order valence-electron chi connectivity index (χ4n) is 3.71. The zero-order valence-electron chi connectivity index (χ0n) is 19.0. The third kappa shape index (κ3) is 5.56. The molecule has 0 saturated heterocycles. The van der Waals surface area contributed by atoms with Gasteiger partial charge < -0.3 is 25.5 Å². The standard InChI is InChI=1S/C27H27N3O4/c1-2-33-26(31)19-8-11-22(12-9-19)34-27(32)24-17-30-25-13-10-21(16-23(24)25)29-14-4-6-18-5-3-7-20(28)15-18/h3,5,7-13,15-17,29-30H,2,4,6,14,28H2,1H3. The minimum absolute atomic E-state index is 0.301. The fraction of sp³-hybridized carbons (Fsp3) is 0.185. The van der Waals surface area contributed by atoms with E-state index in [0.29, 0.717) is 23.5 Å². The van der Waals surface area contributed by atoms with Crippen molar-refractivity contribution in [1.82, 2.24) is 4.98 Å². The minimum atomic E-state index is -0.478. The molecule has 0 spiro atoms. The molecule has 3 aromatic carbocycles. The van der Waals surface area contributed by atoms with Crippen molar-refractivity contribution >= 4 is 34.2 Å². The van der Waals surface area contributed by atoms with Gasteiger partial charge in [-0.15, -0.1) is 0 Å². The van der Waals surface area contributed by atoms with Crippen LogP contribution in [0.5, 0.6) is 5.75 Å². The number of aryl methyl sites for hydroxylation is 1. The quantitative estimate of drug-likeness (QED) is 0.138. The van der Waals surface area contributed by atoms with Gasteiger partial charge in [0.2, 0.25) is 0 Å². The van der Waals surface area contributed by atoms with Crippen LogP contribution < -0.4 is 15.8 Å². The number of carbonyl (C=O) groups excluding carboxylic acids is 2. The summed E-state index contributed by atoms with van der Waals surface area (Å²) in [5, 5.41) is 4.19.